The zero-order chi connectivity index (χ0) is 18.5. The third-order valence-corrected chi connectivity index (χ3v) is 4.56. The SMILES string of the molecule is COc1cc(OC)c(C(=O)N2CCN(Cc3ccco3)CC2)cc1OC. The largest absolute Gasteiger partial charge is 0.496 e. The molecular formula is C19H24N2O5. The smallest absolute Gasteiger partial charge is 0.257 e. The van der Waals surface area contributed by atoms with Gasteiger partial charge in [-0.15, -0.1) is 0 Å². The first-order valence-electron chi connectivity index (χ1n) is 8.50. The number of hydrogen-bond donors (Lipinski definition) is 0. The molecule has 0 unspecified atom stereocenters. The van der Waals surface area contributed by atoms with Crippen molar-refractivity contribution in [3.05, 3.63) is 41.9 Å². The van der Waals surface area contributed by atoms with E-state index in [0.29, 0.717) is 35.9 Å². The van der Waals surface area contributed by atoms with Gasteiger partial charge in [0.05, 0.1) is 39.7 Å². The van der Waals surface area contributed by atoms with Gasteiger partial charge in [0.25, 0.3) is 5.91 Å². The lowest BCUT2D eigenvalue weighted by molar-refractivity contribution is 0.0616. The number of nitrogens with zero attached hydrogens (tertiary/aromatic N) is 2. The number of carbonyl (C=O) groups is 1. The summed E-state index contributed by atoms with van der Waals surface area (Å²) in [7, 11) is 4.64. The molecule has 0 radical (unpaired) electrons. The molecule has 0 spiro atoms. The molecule has 1 saturated heterocycles. The van der Waals surface area contributed by atoms with Crippen LogP contribution in [0.15, 0.2) is 34.9 Å². The minimum Gasteiger partial charge on any atom is -0.496 e. The van der Waals surface area contributed by atoms with E-state index in [0.717, 1.165) is 25.4 Å². The van der Waals surface area contributed by atoms with E-state index in [-0.39, 0.29) is 5.91 Å². The molecule has 7 nitrogen and oxygen atoms in total. The van der Waals surface area contributed by atoms with Gasteiger partial charge >= 0.3 is 0 Å². The number of benzene rings is 1. The van der Waals surface area contributed by atoms with E-state index in [9.17, 15) is 4.79 Å². The van der Waals surface area contributed by atoms with E-state index >= 15 is 0 Å². The second-order valence-corrected chi connectivity index (χ2v) is 6.06. The number of amides is 1. The second kappa shape index (κ2) is 8.14. The molecule has 1 aliphatic heterocycles. The van der Waals surface area contributed by atoms with Crippen LogP contribution in [0.25, 0.3) is 0 Å². The third kappa shape index (κ3) is 3.77. The van der Waals surface area contributed by atoms with Crippen LogP contribution in [0.4, 0.5) is 0 Å². The number of ether oxygens (including phenoxy) is 3. The minimum atomic E-state index is -0.0690. The van der Waals surface area contributed by atoms with E-state index in [4.69, 9.17) is 18.6 Å². The number of hydrogen-bond acceptors (Lipinski definition) is 6. The van der Waals surface area contributed by atoms with Gasteiger partial charge in [-0.1, -0.05) is 0 Å². The quantitative estimate of drug-likeness (QED) is 0.787. The highest BCUT2D eigenvalue weighted by molar-refractivity contribution is 5.98. The summed E-state index contributed by atoms with van der Waals surface area (Å²) >= 11 is 0. The predicted octanol–water partition coefficient (Wildman–Crippen LogP) is 2.26. The highest BCUT2D eigenvalue weighted by Crippen LogP contribution is 2.35. The van der Waals surface area contributed by atoms with Crippen molar-refractivity contribution in [2.24, 2.45) is 0 Å². The maximum atomic E-state index is 13.0. The average Bonchev–Trinajstić information content (AvgIpc) is 3.20. The molecule has 0 bridgehead atoms. The number of furan rings is 1. The first-order chi connectivity index (χ1) is 12.7. The van der Waals surface area contributed by atoms with Gasteiger partial charge in [0.2, 0.25) is 0 Å². The van der Waals surface area contributed by atoms with Crippen LogP contribution in [0.5, 0.6) is 17.2 Å². The molecular weight excluding hydrogens is 336 g/mol. The van der Waals surface area contributed by atoms with Crippen molar-refractivity contribution in [2.45, 2.75) is 6.54 Å². The maximum Gasteiger partial charge on any atom is 0.257 e. The lowest BCUT2D eigenvalue weighted by atomic mass is 10.1. The summed E-state index contributed by atoms with van der Waals surface area (Å²) in [6.45, 7) is 3.65. The molecule has 140 valence electrons. The van der Waals surface area contributed by atoms with Crippen LogP contribution in [0.3, 0.4) is 0 Å². The molecule has 26 heavy (non-hydrogen) atoms. The fraction of sp³-hybridized carbons (Fsp3) is 0.421. The molecule has 1 fully saturated rings. The van der Waals surface area contributed by atoms with Gasteiger partial charge in [0, 0.05) is 38.3 Å². The Morgan fingerprint density at radius 3 is 2.23 bits per heavy atom. The molecule has 0 atom stereocenters. The van der Waals surface area contributed by atoms with E-state index in [1.54, 1.807) is 39.7 Å². The van der Waals surface area contributed by atoms with Crippen LogP contribution in [0.2, 0.25) is 0 Å². The summed E-state index contributed by atoms with van der Waals surface area (Å²) < 4.78 is 21.4. The summed E-state index contributed by atoms with van der Waals surface area (Å²) in [5, 5.41) is 0. The standard InChI is InChI=1S/C19H24N2O5/c1-23-16-12-18(25-3)17(24-2)11-15(16)19(22)21-8-6-20(7-9-21)13-14-5-4-10-26-14/h4-5,10-12H,6-9,13H2,1-3H3. The van der Waals surface area contributed by atoms with Crippen LogP contribution >= 0.6 is 0 Å². The van der Waals surface area contributed by atoms with Crippen LogP contribution in [0.1, 0.15) is 16.1 Å². The number of carbonyl (C=O) groups excluding carboxylic acids is 1. The Morgan fingerprint density at radius 1 is 1.00 bits per heavy atom. The first-order valence-corrected chi connectivity index (χ1v) is 8.50. The monoisotopic (exact) mass is 360 g/mol. The van der Waals surface area contributed by atoms with Crippen LogP contribution in [-0.2, 0) is 6.54 Å². The van der Waals surface area contributed by atoms with E-state index in [2.05, 4.69) is 4.90 Å². The van der Waals surface area contributed by atoms with Crippen LogP contribution < -0.4 is 14.2 Å². The third-order valence-electron chi connectivity index (χ3n) is 4.56. The highest BCUT2D eigenvalue weighted by Gasteiger charge is 2.26. The first kappa shape index (κ1) is 18.1. The van der Waals surface area contributed by atoms with Gasteiger partial charge in [0.15, 0.2) is 11.5 Å². The molecule has 1 aromatic heterocycles. The topological polar surface area (TPSA) is 64.4 Å². The minimum absolute atomic E-state index is 0.0690. The number of piperazine rings is 1. The Kier molecular flexibility index (Phi) is 5.68. The van der Waals surface area contributed by atoms with Crippen LogP contribution in [-0.4, -0.2) is 63.2 Å². The van der Waals surface area contributed by atoms with E-state index < -0.39 is 0 Å². The van der Waals surface area contributed by atoms with Crippen molar-refractivity contribution in [3.63, 3.8) is 0 Å². The molecule has 1 aliphatic rings. The van der Waals surface area contributed by atoms with Crippen molar-refractivity contribution >= 4 is 5.91 Å². The van der Waals surface area contributed by atoms with Gasteiger partial charge < -0.3 is 23.5 Å². The lowest BCUT2D eigenvalue weighted by Crippen LogP contribution is -2.48. The second-order valence-electron chi connectivity index (χ2n) is 6.06. The van der Waals surface area contributed by atoms with Gasteiger partial charge in [-0.05, 0) is 12.1 Å². The summed E-state index contributed by atoms with van der Waals surface area (Å²) in [6.07, 6.45) is 1.68. The van der Waals surface area contributed by atoms with Gasteiger partial charge in [0.1, 0.15) is 11.5 Å². The summed E-state index contributed by atoms with van der Waals surface area (Å²) in [5.74, 6) is 2.38. The maximum absolute atomic E-state index is 13.0. The molecule has 3 rings (SSSR count). The summed E-state index contributed by atoms with van der Waals surface area (Å²) in [6, 6.07) is 7.21. The Bertz CT molecular complexity index is 737. The molecule has 1 aromatic carbocycles. The Hall–Kier alpha value is -2.67. The normalized spacial score (nSPS) is 15.0. The molecule has 2 aromatic rings. The van der Waals surface area contributed by atoms with Gasteiger partial charge in [-0.25, -0.2) is 0 Å². The molecule has 2 heterocycles. The Labute approximate surface area is 153 Å². The fourth-order valence-corrected chi connectivity index (χ4v) is 3.10. The van der Waals surface area contributed by atoms with Crippen molar-refractivity contribution < 1.29 is 23.4 Å². The lowest BCUT2D eigenvalue weighted by Gasteiger charge is -2.34. The Balaban J connectivity index is 1.70. The number of rotatable bonds is 6. The molecule has 1 amide bonds. The van der Waals surface area contributed by atoms with Crippen molar-refractivity contribution in [2.75, 3.05) is 47.5 Å². The highest BCUT2D eigenvalue weighted by atomic mass is 16.5. The van der Waals surface area contributed by atoms with Crippen molar-refractivity contribution in [1.29, 1.82) is 0 Å². The molecule has 0 saturated carbocycles. The van der Waals surface area contributed by atoms with E-state index in [1.165, 1.54) is 0 Å². The average molecular weight is 360 g/mol. The number of methoxy groups -OCH3 is 3. The Morgan fingerprint density at radius 2 is 1.65 bits per heavy atom. The van der Waals surface area contributed by atoms with Crippen molar-refractivity contribution in [1.82, 2.24) is 9.80 Å². The van der Waals surface area contributed by atoms with Crippen LogP contribution in [0, 0.1) is 0 Å². The zero-order valence-corrected chi connectivity index (χ0v) is 15.4. The van der Waals surface area contributed by atoms with Gasteiger partial charge in [-0.2, -0.15) is 0 Å². The van der Waals surface area contributed by atoms with E-state index in [1.807, 2.05) is 17.0 Å². The molecule has 7 heteroatoms. The van der Waals surface area contributed by atoms with Gasteiger partial charge in [-0.3, -0.25) is 9.69 Å². The molecule has 0 N–H and O–H groups in total. The zero-order valence-electron chi connectivity index (χ0n) is 15.4. The molecule has 0 aliphatic carbocycles. The summed E-state index contributed by atoms with van der Waals surface area (Å²) in [4.78, 5) is 17.1. The predicted molar refractivity (Wildman–Crippen MR) is 96.0 cm³/mol. The fourth-order valence-electron chi connectivity index (χ4n) is 3.10. The summed E-state index contributed by atoms with van der Waals surface area (Å²) in [5.41, 5.74) is 0.477. The van der Waals surface area contributed by atoms with Crippen molar-refractivity contribution in [3.8, 4) is 17.2 Å².